The van der Waals surface area contributed by atoms with Gasteiger partial charge in [0.05, 0.1) is 18.9 Å². The number of ether oxygens (including phenoxy) is 1. The van der Waals surface area contributed by atoms with Gasteiger partial charge in [0, 0.05) is 51.4 Å². The summed E-state index contributed by atoms with van der Waals surface area (Å²) in [6, 6.07) is 14.3. The van der Waals surface area contributed by atoms with Crippen molar-refractivity contribution in [1.82, 2.24) is 15.2 Å². The van der Waals surface area contributed by atoms with Crippen molar-refractivity contribution in [2.75, 3.05) is 38.2 Å². The van der Waals surface area contributed by atoms with Crippen LogP contribution in [-0.2, 0) is 6.54 Å². The highest BCUT2D eigenvalue weighted by Crippen LogP contribution is 2.34. The lowest BCUT2D eigenvalue weighted by Crippen LogP contribution is -2.41. The van der Waals surface area contributed by atoms with Gasteiger partial charge in [0.2, 0.25) is 0 Å². The maximum absolute atomic E-state index is 12.7. The van der Waals surface area contributed by atoms with Gasteiger partial charge < -0.3 is 24.3 Å². The number of rotatable bonds is 5. The van der Waals surface area contributed by atoms with Gasteiger partial charge in [-0.2, -0.15) is 0 Å². The molecule has 2 heterocycles. The molecule has 0 aliphatic carbocycles. The van der Waals surface area contributed by atoms with E-state index in [1.165, 1.54) is 5.56 Å². The Labute approximate surface area is 189 Å². The minimum absolute atomic E-state index is 0.0121. The van der Waals surface area contributed by atoms with Crippen molar-refractivity contribution in [2.45, 2.75) is 26.8 Å². The van der Waals surface area contributed by atoms with Crippen molar-refractivity contribution in [1.29, 1.82) is 0 Å². The normalized spacial score (nSPS) is 14.2. The van der Waals surface area contributed by atoms with Crippen LogP contribution in [0.4, 0.5) is 10.5 Å². The van der Waals surface area contributed by atoms with E-state index in [9.17, 15) is 4.79 Å². The Morgan fingerprint density at radius 2 is 2.00 bits per heavy atom. The molecule has 1 aliphatic rings. The molecule has 7 nitrogen and oxygen atoms in total. The average molecular weight is 435 g/mol. The second-order valence-electron chi connectivity index (χ2n) is 8.10. The van der Waals surface area contributed by atoms with Gasteiger partial charge in [-0.15, -0.1) is 0 Å². The number of anilines is 1. The van der Waals surface area contributed by atoms with Crippen molar-refractivity contribution < 1.29 is 13.9 Å². The average Bonchev–Trinajstić information content (AvgIpc) is 3.08. The zero-order valence-corrected chi connectivity index (χ0v) is 18.9. The highest BCUT2D eigenvalue weighted by atomic mass is 16.5. The predicted molar refractivity (Wildman–Crippen MR) is 125 cm³/mol. The molecule has 1 aliphatic heterocycles. The summed E-state index contributed by atoms with van der Waals surface area (Å²) in [6.07, 6.45) is 2.62. The molecule has 0 spiro atoms. The Bertz CT molecular complexity index is 1080. The lowest BCUT2D eigenvalue weighted by atomic mass is 10.1. The summed E-state index contributed by atoms with van der Waals surface area (Å²) in [7, 11) is 1.66. The molecule has 0 unspecified atom stereocenters. The molecule has 0 bridgehead atoms. The molecule has 1 aromatic heterocycles. The molecule has 0 atom stereocenters. The summed E-state index contributed by atoms with van der Waals surface area (Å²) < 4.78 is 11.3. The van der Waals surface area contributed by atoms with Crippen molar-refractivity contribution in [2.24, 2.45) is 0 Å². The number of carbonyl (C=O) groups excluding carboxylic acids is 1. The lowest BCUT2D eigenvalue weighted by Gasteiger charge is -2.24. The van der Waals surface area contributed by atoms with Crippen LogP contribution in [0.15, 0.2) is 53.1 Å². The summed E-state index contributed by atoms with van der Waals surface area (Å²) in [5, 5.41) is 3.06. The van der Waals surface area contributed by atoms with Crippen LogP contribution in [0, 0.1) is 13.8 Å². The fraction of sp³-hybridized carbons (Fsp3) is 0.360. The first-order valence-corrected chi connectivity index (χ1v) is 11.0. The third-order valence-electron chi connectivity index (χ3n) is 5.75. The van der Waals surface area contributed by atoms with Crippen LogP contribution in [0.5, 0.6) is 5.75 Å². The Morgan fingerprint density at radius 1 is 1.12 bits per heavy atom. The van der Waals surface area contributed by atoms with E-state index in [4.69, 9.17) is 9.15 Å². The first kappa shape index (κ1) is 21.7. The van der Waals surface area contributed by atoms with E-state index < -0.39 is 0 Å². The third kappa shape index (κ3) is 5.04. The van der Waals surface area contributed by atoms with Gasteiger partial charge in [-0.25, -0.2) is 9.78 Å². The summed E-state index contributed by atoms with van der Waals surface area (Å²) in [4.78, 5) is 21.1. The van der Waals surface area contributed by atoms with Crippen molar-refractivity contribution in [3.8, 4) is 17.1 Å². The molecule has 4 rings (SSSR count). The second kappa shape index (κ2) is 9.77. The number of aryl methyl sites for hydroxylation is 2. The third-order valence-corrected chi connectivity index (χ3v) is 5.75. The van der Waals surface area contributed by atoms with Crippen LogP contribution in [-0.4, -0.2) is 49.2 Å². The Kier molecular flexibility index (Phi) is 6.63. The zero-order valence-electron chi connectivity index (χ0n) is 18.9. The van der Waals surface area contributed by atoms with Crippen LogP contribution < -0.4 is 15.0 Å². The highest BCUT2D eigenvalue weighted by molar-refractivity contribution is 5.74. The molecule has 168 valence electrons. The molecule has 1 N–H and O–H groups in total. The van der Waals surface area contributed by atoms with Crippen LogP contribution >= 0.6 is 0 Å². The van der Waals surface area contributed by atoms with Gasteiger partial charge in [0.15, 0.2) is 11.7 Å². The first-order valence-electron chi connectivity index (χ1n) is 11.0. The molecule has 0 radical (unpaired) electrons. The van der Waals surface area contributed by atoms with Gasteiger partial charge in [0.1, 0.15) is 5.75 Å². The monoisotopic (exact) mass is 434 g/mol. The number of benzene rings is 2. The van der Waals surface area contributed by atoms with E-state index in [-0.39, 0.29) is 6.03 Å². The van der Waals surface area contributed by atoms with E-state index in [1.54, 1.807) is 13.3 Å². The zero-order chi connectivity index (χ0) is 22.5. The maximum Gasteiger partial charge on any atom is 0.317 e. The van der Waals surface area contributed by atoms with Gasteiger partial charge in [-0.05, 0) is 31.0 Å². The van der Waals surface area contributed by atoms with Crippen LogP contribution in [0.1, 0.15) is 23.4 Å². The molecular weight excluding hydrogens is 404 g/mol. The second-order valence-corrected chi connectivity index (χ2v) is 8.10. The topological polar surface area (TPSA) is 70.8 Å². The molecule has 2 aromatic carbocycles. The molecular formula is C25H30N4O3. The van der Waals surface area contributed by atoms with Crippen molar-refractivity contribution in [3.63, 3.8) is 0 Å². The minimum atomic E-state index is -0.0121. The fourth-order valence-corrected chi connectivity index (χ4v) is 4.06. The molecule has 2 amide bonds. The number of nitrogens with one attached hydrogen (secondary N) is 1. The number of aromatic nitrogens is 1. The number of amides is 2. The van der Waals surface area contributed by atoms with Crippen molar-refractivity contribution in [3.05, 3.63) is 65.7 Å². The molecule has 7 heteroatoms. The summed E-state index contributed by atoms with van der Waals surface area (Å²) >= 11 is 0. The summed E-state index contributed by atoms with van der Waals surface area (Å²) in [5.74, 6) is 2.06. The fourth-order valence-electron chi connectivity index (χ4n) is 4.06. The number of urea groups is 1. The molecule has 3 aromatic rings. The van der Waals surface area contributed by atoms with Gasteiger partial charge >= 0.3 is 6.03 Å². The van der Waals surface area contributed by atoms with Gasteiger partial charge in [0.25, 0.3) is 0 Å². The highest BCUT2D eigenvalue weighted by Gasteiger charge is 2.20. The number of oxazole rings is 1. The van der Waals surface area contributed by atoms with E-state index in [0.717, 1.165) is 48.6 Å². The van der Waals surface area contributed by atoms with Crippen molar-refractivity contribution >= 4 is 11.7 Å². The maximum atomic E-state index is 12.7. The largest absolute Gasteiger partial charge is 0.496 e. The van der Waals surface area contributed by atoms with Gasteiger partial charge in [-0.3, -0.25) is 0 Å². The summed E-state index contributed by atoms with van der Waals surface area (Å²) in [5.41, 5.74) is 4.26. The van der Waals surface area contributed by atoms with Crippen LogP contribution in [0.25, 0.3) is 11.3 Å². The molecule has 1 saturated heterocycles. The standard InChI is InChI=1S/C25H30N4O3/c1-18-6-4-7-20(14-18)16-27-25(30)29-11-5-10-28(12-13-29)21-8-9-22(23(15-21)31-3)24-17-26-19(2)32-24/h4,6-9,14-15,17H,5,10-13,16H2,1-3H3,(H,27,30). The Morgan fingerprint density at radius 3 is 2.75 bits per heavy atom. The first-order chi connectivity index (χ1) is 15.5. The summed E-state index contributed by atoms with van der Waals surface area (Å²) in [6.45, 7) is 7.48. The number of hydrogen-bond donors (Lipinski definition) is 1. The quantitative estimate of drug-likeness (QED) is 0.645. The minimum Gasteiger partial charge on any atom is -0.496 e. The van der Waals surface area contributed by atoms with E-state index >= 15 is 0 Å². The SMILES string of the molecule is COc1cc(N2CCCN(C(=O)NCc3cccc(C)c3)CC2)ccc1-c1cnc(C)o1. The van der Waals surface area contributed by atoms with Crippen LogP contribution in [0.3, 0.4) is 0 Å². The van der Waals surface area contributed by atoms with Gasteiger partial charge in [-0.1, -0.05) is 29.8 Å². The molecule has 32 heavy (non-hydrogen) atoms. The van der Waals surface area contributed by atoms with E-state index in [0.29, 0.717) is 24.7 Å². The molecule has 0 saturated carbocycles. The molecule has 1 fully saturated rings. The number of carbonyl (C=O) groups is 1. The number of nitrogens with zero attached hydrogens (tertiary/aromatic N) is 3. The number of methoxy groups -OCH3 is 1. The predicted octanol–water partition coefficient (Wildman–Crippen LogP) is 4.39. The Balaban J connectivity index is 1.39. The Hall–Kier alpha value is -3.48. The van der Waals surface area contributed by atoms with E-state index in [2.05, 4.69) is 40.3 Å². The lowest BCUT2D eigenvalue weighted by molar-refractivity contribution is 0.201. The smallest absolute Gasteiger partial charge is 0.317 e. The number of hydrogen-bond acceptors (Lipinski definition) is 5. The van der Waals surface area contributed by atoms with E-state index in [1.807, 2.05) is 36.1 Å². The van der Waals surface area contributed by atoms with Crippen LogP contribution in [0.2, 0.25) is 0 Å².